The van der Waals surface area contributed by atoms with Crippen molar-refractivity contribution < 1.29 is 14.5 Å². The van der Waals surface area contributed by atoms with Crippen LogP contribution >= 0.6 is 11.6 Å². The number of halogens is 1. The van der Waals surface area contributed by atoms with Crippen molar-refractivity contribution in [2.24, 2.45) is 0 Å². The lowest BCUT2D eigenvalue weighted by molar-refractivity contribution is -0.384. The number of hydrogen-bond donors (Lipinski definition) is 0. The quantitative estimate of drug-likeness (QED) is 0.467. The van der Waals surface area contributed by atoms with Crippen molar-refractivity contribution in [3.63, 3.8) is 0 Å². The minimum Gasteiger partial charge on any atom is -0.465 e. The van der Waals surface area contributed by atoms with Crippen molar-refractivity contribution in [1.29, 1.82) is 0 Å². The fourth-order valence-electron chi connectivity index (χ4n) is 1.40. The Hall–Kier alpha value is -1.82. The smallest absolute Gasteiger partial charge is 0.325 e. The van der Waals surface area contributed by atoms with Gasteiger partial charge in [0.15, 0.2) is 0 Å². The van der Waals surface area contributed by atoms with E-state index < -0.39 is 4.92 Å². The highest BCUT2D eigenvalue weighted by Crippen LogP contribution is 2.28. The summed E-state index contributed by atoms with van der Waals surface area (Å²) in [6.07, 6.45) is 0. The van der Waals surface area contributed by atoms with Crippen LogP contribution in [0.2, 0.25) is 5.02 Å². The molecule has 0 saturated carbocycles. The summed E-state index contributed by atoms with van der Waals surface area (Å²) in [7, 11) is 1.66. The molecule has 0 aliphatic heterocycles. The van der Waals surface area contributed by atoms with E-state index >= 15 is 0 Å². The van der Waals surface area contributed by atoms with Gasteiger partial charge in [0.1, 0.15) is 6.54 Å². The molecule has 0 aliphatic rings. The molecule has 18 heavy (non-hydrogen) atoms. The molecular weight excluding hydrogens is 260 g/mol. The normalized spacial score (nSPS) is 9.94. The second kappa shape index (κ2) is 6.20. The maximum absolute atomic E-state index is 11.3. The van der Waals surface area contributed by atoms with Crippen molar-refractivity contribution in [3.8, 4) is 0 Å². The zero-order valence-electron chi connectivity index (χ0n) is 10.1. The molecule has 0 radical (unpaired) electrons. The highest BCUT2D eigenvalue weighted by molar-refractivity contribution is 6.33. The van der Waals surface area contributed by atoms with Crippen LogP contribution in [0.5, 0.6) is 0 Å². The first-order valence-corrected chi connectivity index (χ1v) is 5.64. The predicted molar refractivity (Wildman–Crippen MR) is 68.0 cm³/mol. The Morgan fingerprint density at radius 1 is 1.56 bits per heavy atom. The Bertz CT molecular complexity index is 464. The van der Waals surface area contributed by atoms with Crippen LogP contribution in [0.25, 0.3) is 0 Å². The molecule has 0 heterocycles. The molecule has 0 spiro atoms. The summed E-state index contributed by atoms with van der Waals surface area (Å²) in [5.41, 5.74) is 0.448. The van der Waals surface area contributed by atoms with Gasteiger partial charge in [-0.25, -0.2) is 0 Å². The SMILES string of the molecule is CCOC(=O)CN(C)c1ccc([N+](=O)[O-])cc1Cl. The Morgan fingerprint density at radius 2 is 2.22 bits per heavy atom. The zero-order chi connectivity index (χ0) is 13.7. The van der Waals surface area contributed by atoms with Crippen LogP contribution in [0.1, 0.15) is 6.92 Å². The van der Waals surface area contributed by atoms with Gasteiger partial charge in [-0.15, -0.1) is 0 Å². The zero-order valence-corrected chi connectivity index (χ0v) is 10.8. The molecule has 6 nitrogen and oxygen atoms in total. The van der Waals surface area contributed by atoms with Crippen LogP contribution in [0, 0.1) is 10.1 Å². The number of nitrogens with zero attached hydrogens (tertiary/aromatic N) is 2. The van der Waals surface area contributed by atoms with Crippen molar-refractivity contribution in [2.75, 3.05) is 25.1 Å². The Kier molecular flexibility index (Phi) is 4.91. The van der Waals surface area contributed by atoms with Gasteiger partial charge in [-0.3, -0.25) is 14.9 Å². The van der Waals surface area contributed by atoms with Crippen molar-refractivity contribution in [2.45, 2.75) is 6.92 Å². The number of hydrogen-bond acceptors (Lipinski definition) is 5. The largest absolute Gasteiger partial charge is 0.465 e. The van der Waals surface area contributed by atoms with Crippen LogP contribution in [-0.4, -0.2) is 31.1 Å². The lowest BCUT2D eigenvalue weighted by Gasteiger charge is -2.19. The molecule has 0 atom stereocenters. The number of ether oxygens (including phenoxy) is 1. The minimum absolute atomic E-state index is 0.0331. The van der Waals surface area contributed by atoms with E-state index in [-0.39, 0.29) is 23.2 Å². The number of nitro groups is 1. The standard InChI is InChI=1S/C11H13ClN2O4/c1-3-18-11(15)7-13(2)10-5-4-8(14(16)17)6-9(10)12/h4-6H,3,7H2,1-2H3. The van der Waals surface area contributed by atoms with Crippen molar-refractivity contribution >= 4 is 28.9 Å². The number of benzene rings is 1. The molecule has 1 aromatic rings. The summed E-state index contributed by atoms with van der Waals surface area (Å²) in [5.74, 6) is -0.380. The molecule has 7 heteroatoms. The molecule has 1 rings (SSSR count). The molecule has 0 fully saturated rings. The summed E-state index contributed by atoms with van der Waals surface area (Å²) in [5, 5.41) is 10.8. The van der Waals surface area contributed by atoms with Crippen LogP contribution in [0.4, 0.5) is 11.4 Å². The van der Waals surface area contributed by atoms with Crippen LogP contribution < -0.4 is 4.90 Å². The molecular formula is C11H13ClN2O4. The van der Waals surface area contributed by atoms with Crippen molar-refractivity contribution in [3.05, 3.63) is 33.3 Å². The number of rotatable bonds is 5. The first kappa shape index (κ1) is 14.2. The third kappa shape index (κ3) is 3.59. The van der Waals surface area contributed by atoms with E-state index in [1.54, 1.807) is 18.9 Å². The summed E-state index contributed by atoms with van der Waals surface area (Å²) in [4.78, 5) is 22.9. The number of anilines is 1. The monoisotopic (exact) mass is 272 g/mol. The van der Waals surface area contributed by atoms with Gasteiger partial charge in [0.25, 0.3) is 5.69 Å². The fraction of sp³-hybridized carbons (Fsp3) is 0.364. The van der Waals surface area contributed by atoms with Gasteiger partial charge >= 0.3 is 5.97 Å². The van der Waals surface area contributed by atoms with Crippen LogP contribution in [-0.2, 0) is 9.53 Å². The molecule has 0 N–H and O–H groups in total. The first-order valence-electron chi connectivity index (χ1n) is 5.26. The van der Waals surface area contributed by atoms with E-state index in [0.717, 1.165) is 0 Å². The van der Waals surface area contributed by atoms with E-state index in [1.165, 1.54) is 18.2 Å². The third-order valence-electron chi connectivity index (χ3n) is 2.22. The maximum atomic E-state index is 11.3. The molecule has 1 aromatic carbocycles. The molecule has 0 aliphatic carbocycles. The van der Waals surface area contributed by atoms with Gasteiger partial charge in [-0.1, -0.05) is 11.6 Å². The van der Waals surface area contributed by atoms with Gasteiger partial charge in [0, 0.05) is 19.2 Å². The minimum atomic E-state index is -0.527. The number of likely N-dealkylation sites (N-methyl/N-ethyl adjacent to an activating group) is 1. The molecule has 0 aromatic heterocycles. The van der Waals surface area contributed by atoms with Gasteiger partial charge in [0.05, 0.1) is 22.2 Å². The highest BCUT2D eigenvalue weighted by atomic mass is 35.5. The molecule has 98 valence electrons. The average Bonchev–Trinajstić information content (AvgIpc) is 2.28. The van der Waals surface area contributed by atoms with E-state index in [4.69, 9.17) is 16.3 Å². The van der Waals surface area contributed by atoms with Gasteiger partial charge < -0.3 is 9.64 Å². The molecule has 0 unspecified atom stereocenters. The van der Waals surface area contributed by atoms with E-state index in [9.17, 15) is 14.9 Å². The van der Waals surface area contributed by atoms with E-state index in [0.29, 0.717) is 12.3 Å². The summed E-state index contributed by atoms with van der Waals surface area (Å²) in [6, 6.07) is 4.08. The van der Waals surface area contributed by atoms with Crippen LogP contribution in [0.15, 0.2) is 18.2 Å². The fourth-order valence-corrected chi connectivity index (χ4v) is 1.72. The van der Waals surface area contributed by atoms with Gasteiger partial charge in [-0.2, -0.15) is 0 Å². The Balaban J connectivity index is 2.83. The summed E-state index contributed by atoms with van der Waals surface area (Å²) in [6.45, 7) is 2.06. The second-order valence-electron chi connectivity index (χ2n) is 3.55. The van der Waals surface area contributed by atoms with Gasteiger partial charge in [-0.05, 0) is 13.0 Å². The molecule has 0 amide bonds. The first-order chi connectivity index (χ1) is 8.45. The number of non-ortho nitro benzene ring substituents is 1. The number of nitro benzene ring substituents is 1. The van der Waals surface area contributed by atoms with Crippen molar-refractivity contribution in [1.82, 2.24) is 0 Å². The topological polar surface area (TPSA) is 72.7 Å². The number of carbonyl (C=O) groups excluding carboxylic acids is 1. The highest BCUT2D eigenvalue weighted by Gasteiger charge is 2.14. The second-order valence-corrected chi connectivity index (χ2v) is 3.96. The average molecular weight is 273 g/mol. The van der Waals surface area contributed by atoms with Gasteiger partial charge in [0.2, 0.25) is 0 Å². The Morgan fingerprint density at radius 3 is 2.72 bits per heavy atom. The predicted octanol–water partition coefficient (Wildman–Crippen LogP) is 2.25. The number of esters is 1. The molecule has 0 saturated heterocycles. The summed E-state index contributed by atoms with van der Waals surface area (Å²) >= 11 is 5.93. The lowest BCUT2D eigenvalue weighted by atomic mass is 10.2. The summed E-state index contributed by atoms with van der Waals surface area (Å²) < 4.78 is 4.80. The third-order valence-corrected chi connectivity index (χ3v) is 2.53. The van der Waals surface area contributed by atoms with Crippen LogP contribution in [0.3, 0.4) is 0 Å². The van der Waals surface area contributed by atoms with E-state index in [1.807, 2.05) is 0 Å². The Labute approximate surface area is 109 Å². The molecule has 0 bridgehead atoms. The van der Waals surface area contributed by atoms with E-state index in [2.05, 4.69) is 0 Å². The lowest BCUT2D eigenvalue weighted by Crippen LogP contribution is -2.27. The number of carbonyl (C=O) groups is 1. The maximum Gasteiger partial charge on any atom is 0.325 e.